The van der Waals surface area contributed by atoms with E-state index in [9.17, 15) is 0 Å². The summed E-state index contributed by atoms with van der Waals surface area (Å²) in [6.45, 7) is 6.02. The molecule has 19 heavy (non-hydrogen) atoms. The van der Waals surface area contributed by atoms with Crippen LogP contribution < -0.4 is 5.32 Å². The van der Waals surface area contributed by atoms with Crippen molar-refractivity contribution >= 4 is 0 Å². The van der Waals surface area contributed by atoms with Crippen LogP contribution >= 0.6 is 0 Å². The van der Waals surface area contributed by atoms with Gasteiger partial charge in [-0.2, -0.15) is 0 Å². The summed E-state index contributed by atoms with van der Waals surface area (Å²) in [5.74, 6) is 0.946. The second-order valence-electron chi connectivity index (χ2n) is 6.24. The zero-order valence-electron chi connectivity index (χ0n) is 12.7. The molecule has 0 aromatic heterocycles. The van der Waals surface area contributed by atoms with E-state index in [-0.39, 0.29) is 0 Å². The first kappa shape index (κ1) is 15.3. The standard InChI is InChI=1S/C16H32N2O/c1-19-14-6-5-13-18-12-4-2-3-7-16(18)15-8-10-17-11-9-15/h15-17H,2-14H2,1H3. The molecule has 1 N–H and O–H groups in total. The maximum absolute atomic E-state index is 5.17. The third-order valence-electron chi connectivity index (χ3n) is 4.89. The van der Waals surface area contributed by atoms with Gasteiger partial charge in [-0.3, -0.25) is 0 Å². The van der Waals surface area contributed by atoms with E-state index in [1.54, 1.807) is 0 Å². The zero-order valence-corrected chi connectivity index (χ0v) is 12.7. The van der Waals surface area contributed by atoms with Crippen LogP contribution in [0.3, 0.4) is 0 Å². The molecule has 1 atom stereocenters. The fourth-order valence-electron chi connectivity index (χ4n) is 3.80. The minimum Gasteiger partial charge on any atom is -0.385 e. The molecule has 0 aromatic rings. The van der Waals surface area contributed by atoms with Crippen molar-refractivity contribution in [3.8, 4) is 0 Å². The van der Waals surface area contributed by atoms with Crippen LogP contribution in [0.4, 0.5) is 0 Å². The Morgan fingerprint density at radius 1 is 1.05 bits per heavy atom. The van der Waals surface area contributed by atoms with Gasteiger partial charge in [0.1, 0.15) is 0 Å². The van der Waals surface area contributed by atoms with E-state index in [1.165, 1.54) is 77.5 Å². The molecule has 0 aliphatic carbocycles. The molecular weight excluding hydrogens is 236 g/mol. The number of methoxy groups -OCH3 is 1. The molecule has 0 bridgehead atoms. The Bertz CT molecular complexity index is 229. The molecule has 2 saturated heterocycles. The van der Waals surface area contributed by atoms with Gasteiger partial charge in [0.05, 0.1) is 0 Å². The van der Waals surface area contributed by atoms with Crippen LogP contribution in [0, 0.1) is 5.92 Å². The Labute approximate surface area is 119 Å². The summed E-state index contributed by atoms with van der Waals surface area (Å²) < 4.78 is 5.17. The molecular formula is C16H32N2O. The lowest BCUT2D eigenvalue weighted by atomic mass is 9.86. The van der Waals surface area contributed by atoms with Gasteiger partial charge in [0, 0.05) is 19.8 Å². The van der Waals surface area contributed by atoms with Crippen LogP contribution in [0.1, 0.15) is 51.4 Å². The van der Waals surface area contributed by atoms with E-state index in [0.717, 1.165) is 18.6 Å². The topological polar surface area (TPSA) is 24.5 Å². The first-order valence-electron chi connectivity index (χ1n) is 8.35. The Balaban J connectivity index is 1.83. The summed E-state index contributed by atoms with van der Waals surface area (Å²) in [6, 6.07) is 0.868. The highest BCUT2D eigenvalue weighted by atomic mass is 16.5. The fourth-order valence-corrected chi connectivity index (χ4v) is 3.80. The SMILES string of the molecule is COCCCCN1CCCCCC1C1CCNCC1. The van der Waals surface area contributed by atoms with Crippen LogP contribution in [-0.4, -0.2) is 50.8 Å². The van der Waals surface area contributed by atoms with Gasteiger partial charge in [0.15, 0.2) is 0 Å². The van der Waals surface area contributed by atoms with Gasteiger partial charge in [-0.15, -0.1) is 0 Å². The molecule has 0 aromatic carbocycles. The third kappa shape index (κ3) is 5.05. The van der Waals surface area contributed by atoms with E-state index in [2.05, 4.69) is 10.2 Å². The Hall–Kier alpha value is -0.120. The summed E-state index contributed by atoms with van der Waals surface area (Å²) in [7, 11) is 1.81. The smallest absolute Gasteiger partial charge is 0.0462 e. The number of ether oxygens (including phenoxy) is 1. The molecule has 0 amide bonds. The Morgan fingerprint density at radius 3 is 2.68 bits per heavy atom. The molecule has 112 valence electrons. The van der Waals surface area contributed by atoms with Gasteiger partial charge in [0.25, 0.3) is 0 Å². The highest BCUT2D eigenvalue weighted by molar-refractivity contribution is 4.84. The monoisotopic (exact) mass is 268 g/mol. The lowest BCUT2D eigenvalue weighted by molar-refractivity contribution is 0.115. The van der Waals surface area contributed by atoms with Crippen LogP contribution in [0.2, 0.25) is 0 Å². The lowest BCUT2D eigenvalue weighted by Gasteiger charge is -2.38. The maximum Gasteiger partial charge on any atom is 0.0462 e. The highest BCUT2D eigenvalue weighted by Crippen LogP contribution is 2.28. The minimum atomic E-state index is 0.868. The Kier molecular flexibility index (Phi) is 7.18. The molecule has 3 nitrogen and oxygen atoms in total. The molecule has 2 fully saturated rings. The van der Waals surface area contributed by atoms with Crippen LogP contribution in [-0.2, 0) is 4.74 Å². The van der Waals surface area contributed by atoms with Crippen LogP contribution in [0.15, 0.2) is 0 Å². The lowest BCUT2D eigenvalue weighted by Crippen LogP contribution is -2.44. The van der Waals surface area contributed by atoms with Crippen LogP contribution in [0.5, 0.6) is 0 Å². The average molecular weight is 268 g/mol. The molecule has 3 heteroatoms. The minimum absolute atomic E-state index is 0.868. The number of hydrogen-bond acceptors (Lipinski definition) is 3. The maximum atomic E-state index is 5.17. The molecule has 1 unspecified atom stereocenters. The number of unbranched alkanes of at least 4 members (excludes halogenated alkanes) is 1. The van der Waals surface area contributed by atoms with Crippen molar-refractivity contribution in [2.45, 2.75) is 57.4 Å². The number of hydrogen-bond donors (Lipinski definition) is 1. The van der Waals surface area contributed by atoms with E-state index in [4.69, 9.17) is 4.74 Å². The molecule has 2 rings (SSSR count). The zero-order chi connectivity index (χ0) is 13.3. The largest absolute Gasteiger partial charge is 0.385 e. The second kappa shape index (κ2) is 8.93. The molecule has 0 radical (unpaired) electrons. The molecule has 0 saturated carbocycles. The van der Waals surface area contributed by atoms with E-state index in [1.807, 2.05) is 7.11 Å². The van der Waals surface area contributed by atoms with Gasteiger partial charge in [0.2, 0.25) is 0 Å². The molecule has 2 heterocycles. The first-order chi connectivity index (χ1) is 9.42. The number of piperidine rings is 1. The van der Waals surface area contributed by atoms with Gasteiger partial charge < -0.3 is 15.0 Å². The predicted octanol–water partition coefficient (Wildman–Crippen LogP) is 2.66. The summed E-state index contributed by atoms with van der Waals surface area (Å²) >= 11 is 0. The summed E-state index contributed by atoms with van der Waals surface area (Å²) in [4.78, 5) is 2.82. The quantitative estimate of drug-likeness (QED) is 0.750. The summed E-state index contributed by atoms with van der Waals surface area (Å²) in [5, 5.41) is 3.51. The highest BCUT2D eigenvalue weighted by Gasteiger charge is 2.29. The predicted molar refractivity (Wildman–Crippen MR) is 80.5 cm³/mol. The number of nitrogens with one attached hydrogen (secondary N) is 1. The van der Waals surface area contributed by atoms with Gasteiger partial charge in [-0.1, -0.05) is 12.8 Å². The van der Waals surface area contributed by atoms with Crippen molar-refractivity contribution in [3.05, 3.63) is 0 Å². The van der Waals surface area contributed by atoms with Gasteiger partial charge >= 0.3 is 0 Å². The van der Waals surface area contributed by atoms with Gasteiger partial charge in [-0.25, -0.2) is 0 Å². The third-order valence-corrected chi connectivity index (χ3v) is 4.89. The van der Waals surface area contributed by atoms with Crippen molar-refractivity contribution in [2.24, 2.45) is 5.92 Å². The summed E-state index contributed by atoms with van der Waals surface area (Å²) in [5.41, 5.74) is 0. The van der Waals surface area contributed by atoms with Crippen molar-refractivity contribution in [3.63, 3.8) is 0 Å². The molecule has 2 aliphatic rings. The van der Waals surface area contributed by atoms with Crippen molar-refractivity contribution in [2.75, 3.05) is 39.9 Å². The van der Waals surface area contributed by atoms with Crippen LogP contribution in [0.25, 0.3) is 0 Å². The number of nitrogens with zero attached hydrogens (tertiary/aromatic N) is 1. The average Bonchev–Trinajstić information content (AvgIpc) is 2.70. The number of likely N-dealkylation sites (tertiary alicyclic amines) is 1. The number of rotatable bonds is 6. The summed E-state index contributed by atoms with van der Waals surface area (Å²) in [6.07, 6.45) is 11.0. The van der Waals surface area contributed by atoms with E-state index >= 15 is 0 Å². The Morgan fingerprint density at radius 2 is 1.89 bits per heavy atom. The van der Waals surface area contributed by atoms with E-state index in [0.29, 0.717) is 0 Å². The van der Waals surface area contributed by atoms with Crippen molar-refractivity contribution in [1.29, 1.82) is 0 Å². The fraction of sp³-hybridized carbons (Fsp3) is 1.00. The second-order valence-corrected chi connectivity index (χ2v) is 6.24. The van der Waals surface area contributed by atoms with Crippen molar-refractivity contribution < 1.29 is 4.74 Å². The molecule has 2 aliphatic heterocycles. The van der Waals surface area contributed by atoms with Crippen molar-refractivity contribution in [1.82, 2.24) is 10.2 Å². The van der Waals surface area contributed by atoms with Gasteiger partial charge in [-0.05, 0) is 70.6 Å². The van der Waals surface area contributed by atoms with E-state index < -0.39 is 0 Å². The first-order valence-corrected chi connectivity index (χ1v) is 8.35. The molecule has 0 spiro atoms. The normalized spacial score (nSPS) is 27.3.